The number of nitrogens with zero attached hydrogens (tertiary/aromatic N) is 1. The number of methoxy groups -OCH3 is 1. The van der Waals surface area contributed by atoms with Gasteiger partial charge in [-0.1, -0.05) is 35.3 Å². The Bertz CT molecular complexity index is 826. The molecule has 1 N–H and O–H groups in total. The molecule has 5 nitrogen and oxygen atoms in total. The molecule has 1 aliphatic heterocycles. The molecule has 0 spiro atoms. The van der Waals surface area contributed by atoms with E-state index in [1.54, 1.807) is 48.4 Å². The van der Waals surface area contributed by atoms with E-state index in [-0.39, 0.29) is 23.3 Å². The maximum Gasteiger partial charge on any atom is 0.229 e. The van der Waals surface area contributed by atoms with Gasteiger partial charge in [-0.25, -0.2) is 0 Å². The zero-order valence-corrected chi connectivity index (χ0v) is 15.0. The Morgan fingerprint density at radius 3 is 2.76 bits per heavy atom. The molecule has 130 valence electrons. The van der Waals surface area contributed by atoms with Crippen molar-refractivity contribution in [2.75, 3.05) is 23.9 Å². The number of halogens is 2. The van der Waals surface area contributed by atoms with Crippen molar-refractivity contribution in [3.05, 3.63) is 52.5 Å². The lowest BCUT2D eigenvalue weighted by atomic mass is 10.1. The van der Waals surface area contributed by atoms with Gasteiger partial charge in [0, 0.05) is 24.7 Å². The molecular weight excluding hydrogens is 363 g/mol. The van der Waals surface area contributed by atoms with Crippen molar-refractivity contribution in [3.8, 4) is 5.75 Å². The fourth-order valence-electron chi connectivity index (χ4n) is 2.75. The van der Waals surface area contributed by atoms with Gasteiger partial charge in [0.1, 0.15) is 5.75 Å². The molecule has 2 aromatic carbocycles. The van der Waals surface area contributed by atoms with Crippen molar-refractivity contribution in [2.45, 2.75) is 6.42 Å². The molecule has 3 rings (SSSR count). The van der Waals surface area contributed by atoms with Crippen LogP contribution in [0.3, 0.4) is 0 Å². The van der Waals surface area contributed by atoms with Gasteiger partial charge in [-0.05, 0) is 24.3 Å². The van der Waals surface area contributed by atoms with Crippen molar-refractivity contribution >= 4 is 46.4 Å². The molecule has 7 heteroatoms. The number of anilines is 2. The average Bonchev–Trinajstić information content (AvgIpc) is 3.01. The first-order valence-electron chi connectivity index (χ1n) is 7.69. The predicted molar refractivity (Wildman–Crippen MR) is 98.5 cm³/mol. The second kappa shape index (κ2) is 7.33. The molecule has 0 bridgehead atoms. The minimum Gasteiger partial charge on any atom is -0.497 e. The number of hydrogen-bond acceptors (Lipinski definition) is 3. The van der Waals surface area contributed by atoms with Crippen LogP contribution in [0.2, 0.25) is 10.0 Å². The molecule has 0 unspecified atom stereocenters. The number of carbonyl (C=O) groups is 2. The molecule has 0 radical (unpaired) electrons. The van der Waals surface area contributed by atoms with Crippen molar-refractivity contribution in [3.63, 3.8) is 0 Å². The SMILES string of the molecule is COc1cccc(N2C[C@H](C(=O)Nc3cccc(Cl)c3Cl)CC2=O)c1. The van der Waals surface area contributed by atoms with Crippen LogP contribution < -0.4 is 15.0 Å². The third-order valence-corrected chi connectivity index (χ3v) is 4.89. The molecular formula is C18H16Cl2N2O3. The Morgan fingerprint density at radius 1 is 1.24 bits per heavy atom. The lowest BCUT2D eigenvalue weighted by Crippen LogP contribution is -2.28. The highest BCUT2D eigenvalue weighted by Crippen LogP contribution is 2.32. The largest absolute Gasteiger partial charge is 0.497 e. The Kier molecular flexibility index (Phi) is 5.16. The zero-order chi connectivity index (χ0) is 18.0. The molecule has 1 saturated heterocycles. The number of nitrogens with one attached hydrogen (secondary N) is 1. The average molecular weight is 379 g/mol. The maximum absolute atomic E-state index is 12.5. The van der Waals surface area contributed by atoms with Crippen molar-refractivity contribution < 1.29 is 14.3 Å². The summed E-state index contributed by atoms with van der Waals surface area (Å²) in [6.07, 6.45) is 0.140. The van der Waals surface area contributed by atoms with Gasteiger partial charge in [-0.15, -0.1) is 0 Å². The summed E-state index contributed by atoms with van der Waals surface area (Å²) >= 11 is 12.0. The van der Waals surface area contributed by atoms with Crippen LogP contribution in [0.15, 0.2) is 42.5 Å². The van der Waals surface area contributed by atoms with E-state index in [1.165, 1.54) is 0 Å². The van der Waals surface area contributed by atoms with E-state index in [2.05, 4.69) is 5.32 Å². The summed E-state index contributed by atoms with van der Waals surface area (Å²) in [6, 6.07) is 12.2. The van der Waals surface area contributed by atoms with Crippen molar-refractivity contribution in [2.24, 2.45) is 5.92 Å². The fourth-order valence-corrected chi connectivity index (χ4v) is 3.09. The fraction of sp³-hybridized carbons (Fsp3) is 0.222. The van der Waals surface area contributed by atoms with Crippen LogP contribution in [-0.4, -0.2) is 25.5 Å². The van der Waals surface area contributed by atoms with Gasteiger partial charge in [0.15, 0.2) is 0 Å². The topological polar surface area (TPSA) is 58.6 Å². The summed E-state index contributed by atoms with van der Waals surface area (Å²) < 4.78 is 5.18. The summed E-state index contributed by atoms with van der Waals surface area (Å²) in [4.78, 5) is 26.4. The number of amides is 2. The molecule has 1 atom stereocenters. The Hall–Kier alpha value is -2.24. The molecule has 2 amide bonds. The number of rotatable bonds is 4. The molecule has 0 saturated carbocycles. The van der Waals surface area contributed by atoms with Gasteiger partial charge in [0.25, 0.3) is 0 Å². The summed E-state index contributed by atoms with van der Waals surface area (Å²) in [5, 5.41) is 3.39. The van der Waals surface area contributed by atoms with Crippen LogP contribution in [0.4, 0.5) is 11.4 Å². The summed E-state index contributed by atoms with van der Waals surface area (Å²) in [5.74, 6) is -0.175. The van der Waals surface area contributed by atoms with E-state index >= 15 is 0 Å². The van der Waals surface area contributed by atoms with Gasteiger partial charge in [0.2, 0.25) is 11.8 Å². The van der Waals surface area contributed by atoms with Gasteiger partial charge in [-0.3, -0.25) is 9.59 Å². The minimum absolute atomic E-state index is 0.106. The van der Waals surface area contributed by atoms with Crippen LogP contribution in [-0.2, 0) is 9.59 Å². The number of ether oxygens (including phenoxy) is 1. The highest BCUT2D eigenvalue weighted by atomic mass is 35.5. The molecule has 2 aromatic rings. The molecule has 0 aromatic heterocycles. The van der Waals surface area contributed by atoms with Crippen LogP contribution >= 0.6 is 23.2 Å². The number of hydrogen-bond donors (Lipinski definition) is 1. The standard InChI is InChI=1S/C18H16Cl2N2O3/c1-25-13-5-2-4-12(9-13)22-10-11(8-16(22)23)18(24)21-15-7-3-6-14(19)17(15)20/h2-7,9,11H,8,10H2,1H3,(H,21,24)/t11-/m1/s1. The third kappa shape index (κ3) is 3.72. The highest BCUT2D eigenvalue weighted by Gasteiger charge is 2.35. The molecule has 0 aliphatic carbocycles. The lowest BCUT2D eigenvalue weighted by Gasteiger charge is -2.17. The second-order valence-electron chi connectivity index (χ2n) is 5.70. The monoisotopic (exact) mass is 378 g/mol. The number of carbonyl (C=O) groups excluding carboxylic acids is 2. The van der Waals surface area contributed by atoms with Gasteiger partial charge < -0.3 is 15.0 Å². The first-order valence-corrected chi connectivity index (χ1v) is 8.44. The van der Waals surface area contributed by atoms with E-state index in [4.69, 9.17) is 27.9 Å². The van der Waals surface area contributed by atoms with E-state index in [0.29, 0.717) is 28.7 Å². The molecule has 1 heterocycles. The minimum atomic E-state index is -0.464. The number of benzene rings is 2. The van der Waals surface area contributed by atoms with E-state index in [0.717, 1.165) is 0 Å². The lowest BCUT2D eigenvalue weighted by molar-refractivity contribution is -0.122. The van der Waals surface area contributed by atoms with Crippen molar-refractivity contribution in [1.29, 1.82) is 0 Å². The van der Waals surface area contributed by atoms with Crippen LogP contribution in [0.25, 0.3) is 0 Å². The summed E-state index contributed by atoms with van der Waals surface area (Å²) in [7, 11) is 1.57. The first kappa shape index (κ1) is 17.6. The van der Waals surface area contributed by atoms with Crippen LogP contribution in [0.5, 0.6) is 5.75 Å². The Balaban J connectivity index is 1.73. The quantitative estimate of drug-likeness (QED) is 0.874. The van der Waals surface area contributed by atoms with Crippen molar-refractivity contribution in [1.82, 2.24) is 0 Å². The highest BCUT2D eigenvalue weighted by molar-refractivity contribution is 6.44. The smallest absolute Gasteiger partial charge is 0.229 e. The van der Waals surface area contributed by atoms with Gasteiger partial charge in [0.05, 0.1) is 28.8 Å². The van der Waals surface area contributed by atoms with Gasteiger partial charge in [-0.2, -0.15) is 0 Å². The van der Waals surface area contributed by atoms with E-state index < -0.39 is 5.92 Å². The summed E-state index contributed by atoms with van der Waals surface area (Å²) in [5.41, 5.74) is 1.15. The summed E-state index contributed by atoms with van der Waals surface area (Å²) in [6.45, 7) is 0.302. The first-order chi connectivity index (χ1) is 12.0. The third-order valence-electron chi connectivity index (χ3n) is 4.07. The van der Waals surface area contributed by atoms with Crippen LogP contribution in [0.1, 0.15) is 6.42 Å². The second-order valence-corrected chi connectivity index (χ2v) is 6.48. The predicted octanol–water partition coefficient (Wildman–Crippen LogP) is 3.99. The Morgan fingerprint density at radius 2 is 2.00 bits per heavy atom. The van der Waals surface area contributed by atoms with Gasteiger partial charge >= 0.3 is 0 Å². The maximum atomic E-state index is 12.5. The zero-order valence-electron chi connectivity index (χ0n) is 13.5. The van der Waals surface area contributed by atoms with E-state index in [9.17, 15) is 9.59 Å². The van der Waals surface area contributed by atoms with Crippen LogP contribution in [0, 0.1) is 5.92 Å². The van der Waals surface area contributed by atoms with E-state index in [1.807, 2.05) is 6.07 Å². The molecule has 1 aliphatic rings. The molecule has 25 heavy (non-hydrogen) atoms. The Labute approximate surface area is 155 Å². The molecule has 1 fully saturated rings. The normalized spacial score (nSPS) is 16.8.